The summed E-state index contributed by atoms with van der Waals surface area (Å²) in [7, 11) is 0. The molecule has 2 saturated heterocycles. The molecular weight excluding hydrogens is 422 g/mol. The highest BCUT2D eigenvalue weighted by Crippen LogP contribution is 2.39. The minimum Gasteiger partial charge on any atom is -0.490 e. The van der Waals surface area contributed by atoms with E-state index < -0.39 is 0 Å². The summed E-state index contributed by atoms with van der Waals surface area (Å²) in [5.74, 6) is 1.06. The number of amides is 1. The molecule has 5 nitrogen and oxygen atoms in total. The van der Waals surface area contributed by atoms with Crippen LogP contribution in [0, 0.1) is 13.8 Å². The molecule has 6 heteroatoms. The topological polar surface area (TPSA) is 58.8 Å². The van der Waals surface area contributed by atoms with E-state index in [4.69, 9.17) is 22.1 Å². The normalized spacial score (nSPS) is 22.2. The van der Waals surface area contributed by atoms with Crippen molar-refractivity contribution in [3.8, 4) is 5.75 Å². The SMILES string of the molecule is Cc1c(OC(C)CCN)ccc([C@H](C)N2CC3CC2CN3C(=O)c2ccc(Cl)cc2)c1C. The third-order valence-corrected chi connectivity index (χ3v) is 7.52. The second-order valence-corrected chi connectivity index (χ2v) is 9.73. The second kappa shape index (κ2) is 9.42. The van der Waals surface area contributed by atoms with Crippen molar-refractivity contribution >= 4 is 17.5 Å². The van der Waals surface area contributed by atoms with Crippen molar-refractivity contribution in [2.75, 3.05) is 19.6 Å². The van der Waals surface area contributed by atoms with Gasteiger partial charge in [-0.15, -0.1) is 0 Å². The van der Waals surface area contributed by atoms with Gasteiger partial charge in [0.05, 0.1) is 6.10 Å². The van der Waals surface area contributed by atoms with E-state index in [9.17, 15) is 4.79 Å². The highest BCUT2D eigenvalue weighted by molar-refractivity contribution is 6.30. The minimum absolute atomic E-state index is 0.111. The first-order valence-corrected chi connectivity index (χ1v) is 12.0. The third kappa shape index (κ3) is 4.39. The summed E-state index contributed by atoms with van der Waals surface area (Å²) in [6.45, 7) is 11.0. The maximum Gasteiger partial charge on any atom is 0.254 e. The first kappa shape index (κ1) is 23.1. The van der Waals surface area contributed by atoms with E-state index >= 15 is 0 Å². The number of nitrogens with zero attached hydrogens (tertiary/aromatic N) is 2. The molecule has 4 rings (SSSR count). The van der Waals surface area contributed by atoms with Gasteiger partial charge in [-0.1, -0.05) is 17.7 Å². The Kier molecular flexibility index (Phi) is 6.80. The molecule has 172 valence electrons. The summed E-state index contributed by atoms with van der Waals surface area (Å²) in [4.78, 5) is 17.6. The number of carbonyl (C=O) groups excluding carboxylic acids is 1. The lowest BCUT2D eigenvalue weighted by molar-refractivity contribution is 0.0568. The van der Waals surface area contributed by atoms with E-state index in [0.717, 1.165) is 31.7 Å². The number of hydrogen-bond acceptors (Lipinski definition) is 4. The maximum absolute atomic E-state index is 13.0. The van der Waals surface area contributed by atoms with Crippen LogP contribution in [0.25, 0.3) is 0 Å². The van der Waals surface area contributed by atoms with E-state index in [1.807, 2.05) is 17.0 Å². The number of ether oxygens (including phenoxy) is 1. The molecule has 2 fully saturated rings. The van der Waals surface area contributed by atoms with Crippen molar-refractivity contribution in [2.24, 2.45) is 5.73 Å². The number of carbonyl (C=O) groups is 1. The smallest absolute Gasteiger partial charge is 0.254 e. The van der Waals surface area contributed by atoms with Crippen LogP contribution in [0.15, 0.2) is 36.4 Å². The Bertz CT molecular complexity index is 978. The fourth-order valence-corrected chi connectivity index (χ4v) is 5.39. The summed E-state index contributed by atoms with van der Waals surface area (Å²) >= 11 is 5.98. The third-order valence-electron chi connectivity index (χ3n) is 7.26. The molecule has 0 aromatic heterocycles. The zero-order chi connectivity index (χ0) is 23.0. The van der Waals surface area contributed by atoms with Crippen LogP contribution in [-0.4, -0.2) is 53.5 Å². The summed E-state index contributed by atoms with van der Waals surface area (Å²) in [5, 5.41) is 0.653. The van der Waals surface area contributed by atoms with Gasteiger partial charge in [-0.25, -0.2) is 0 Å². The quantitative estimate of drug-likeness (QED) is 0.655. The van der Waals surface area contributed by atoms with Gasteiger partial charge in [0.2, 0.25) is 0 Å². The Morgan fingerprint density at radius 1 is 1.09 bits per heavy atom. The van der Waals surface area contributed by atoms with Crippen LogP contribution < -0.4 is 10.5 Å². The summed E-state index contributed by atoms with van der Waals surface area (Å²) in [5.41, 5.74) is 10.2. The van der Waals surface area contributed by atoms with Gasteiger partial charge in [-0.05, 0) is 94.1 Å². The van der Waals surface area contributed by atoms with E-state index in [2.05, 4.69) is 44.7 Å². The Balaban J connectivity index is 1.45. The Labute approximate surface area is 196 Å². The predicted octanol–water partition coefficient (Wildman–Crippen LogP) is 4.73. The summed E-state index contributed by atoms with van der Waals surface area (Å²) < 4.78 is 6.12. The fraction of sp³-hybridized carbons (Fsp3) is 0.500. The van der Waals surface area contributed by atoms with Gasteiger partial charge in [0, 0.05) is 41.8 Å². The molecule has 2 bridgehead atoms. The molecule has 1 amide bonds. The first-order chi connectivity index (χ1) is 15.3. The van der Waals surface area contributed by atoms with Crippen molar-refractivity contribution in [2.45, 2.75) is 64.8 Å². The van der Waals surface area contributed by atoms with Crippen molar-refractivity contribution in [3.63, 3.8) is 0 Å². The molecule has 2 heterocycles. The molecule has 32 heavy (non-hydrogen) atoms. The average molecular weight is 456 g/mol. The van der Waals surface area contributed by atoms with Crippen molar-refractivity contribution < 1.29 is 9.53 Å². The summed E-state index contributed by atoms with van der Waals surface area (Å²) in [6.07, 6.45) is 2.00. The Morgan fingerprint density at radius 3 is 2.44 bits per heavy atom. The van der Waals surface area contributed by atoms with Crippen molar-refractivity contribution in [3.05, 3.63) is 63.7 Å². The van der Waals surface area contributed by atoms with Gasteiger partial charge in [0.25, 0.3) is 5.91 Å². The lowest BCUT2D eigenvalue weighted by atomic mass is 9.96. The van der Waals surface area contributed by atoms with Crippen LogP contribution in [-0.2, 0) is 0 Å². The minimum atomic E-state index is 0.111. The van der Waals surface area contributed by atoms with E-state index in [-0.39, 0.29) is 18.1 Å². The van der Waals surface area contributed by atoms with Gasteiger partial charge in [-0.2, -0.15) is 0 Å². The van der Waals surface area contributed by atoms with Crippen LogP contribution >= 0.6 is 11.6 Å². The van der Waals surface area contributed by atoms with Crippen molar-refractivity contribution in [1.82, 2.24) is 9.80 Å². The predicted molar refractivity (Wildman–Crippen MR) is 129 cm³/mol. The number of hydrogen-bond donors (Lipinski definition) is 1. The number of halogens is 1. The number of nitrogens with two attached hydrogens (primary N) is 1. The lowest BCUT2D eigenvalue weighted by Gasteiger charge is -2.38. The van der Waals surface area contributed by atoms with Gasteiger partial charge in [-0.3, -0.25) is 9.69 Å². The molecule has 0 radical (unpaired) electrons. The first-order valence-electron chi connectivity index (χ1n) is 11.6. The molecular formula is C26H34ClN3O2. The lowest BCUT2D eigenvalue weighted by Crippen LogP contribution is -2.49. The molecule has 0 aliphatic carbocycles. The van der Waals surface area contributed by atoms with Crippen LogP contribution in [0.4, 0.5) is 0 Å². The highest BCUT2D eigenvalue weighted by Gasteiger charge is 2.47. The largest absolute Gasteiger partial charge is 0.490 e. The van der Waals surface area contributed by atoms with E-state index in [1.54, 1.807) is 12.1 Å². The standard InChI is InChI=1S/C26H34ClN3O2/c1-16(11-12-28)32-25-10-9-24(17(2)18(25)3)19(4)29-14-23-13-22(29)15-30(23)26(31)20-5-7-21(27)8-6-20/h5-10,16,19,22-23H,11-15,28H2,1-4H3/t16?,19-,22?,23?/m0/s1. The number of piperazine rings is 1. The molecule has 0 saturated carbocycles. The van der Waals surface area contributed by atoms with Gasteiger partial charge < -0.3 is 15.4 Å². The van der Waals surface area contributed by atoms with Crippen LogP contribution in [0.5, 0.6) is 5.75 Å². The Morgan fingerprint density at radius 2 is 1.81 bits per heavy atom. The molecule has 2 aliphatic heterocycles. The Hall–Kier alpha value is -2.08. The number of benzene rings is 2. The average Bonchev–Trinajstić information content (AvgIpc) is 3.38. The van der Waals surface area contributed by atoms with E-state index in [1.165, 1.54) is 16.7 Å². The monoisotopic (exact) mass is 455 g/mol. The molecule has 4 atom stereocenters. The number of likely N-dealkylation sites (tertiary alicyclic amines) is 2. The van der Waals surface area contributed by atoms with Crippen LogP contribution in [0.2, 0.25) is 5.02 Å². The highest BCUT2D eigenvalue weighted by atomic mass is 35.5. The van der Waals surface area contributed by atoms with Crippen molar-refractivity contribution in [1.29, 1.82) is 0 Å². The van der Waals surface area contributed by atoms with Gasteiger partial charge >= 0.3 is 0 Å². The maximum atomic E-state index is 13.0. The zero-order valence-corrected chi connectivity index (χ0v) is 20.2. The van der Waals surface area contributed by atoms with Gasteiger partial charge in [0.1, 0.15) is 5.75 Å². The molecule has 2 aromatic rings. The summed E-state index contributed by atoms with van der Waals surface area (Å²) in [6, 6.07) is 12.5. The molecule has 2 N–H and O–H groups in total. The van der Waals surface area contributed by atoms with Gasteiger partial charge in [0.15, 0.2) is 0 Å². The second-order valence-electron chi connectivity index (χ2n) is 9.29. The zero-order valence-electron chi connectivity index (χ0n) is 19.5. The molecule has 2 aromatic carbocycles. The molecule has 2 aliphatic rings. The number of rotatable bonds is 7. The molecule has 0 spiro atoms. The van der Waals surface area contributed by atoms with Crippen LogP contribution in [0.1, 0.15) is 59.8 Å². The number of fused-ring (bicyclic) bond motifs is 2. The molecule has 3 unspecified atom stereocenters. The fourth-order valence-electron chi connectivity index (χ4n) is 5.27. The van der Waals surface area contributed by atoms with E-state index in [0.29, 0.717) is 29.2 Å². The van der Waals surface area contributed by atoms with Crippen LogP contribution in [0.3, 0.4) is 0 Å².